The zero-order valence-electron chi connectivity index (χ0n) is 16.9. The van der Waals surface area contributed by atoms with Crippen LogP contribution in [0.4, 0.5) is 11.4 Å². The number of benzene rings is 3. The van der Waals surface area contributed by atoms with Crippen LogP contribution in [0.5, 0.6) is 0 Å². The van der Waals surface area contributed by atoms with Gasteiger partial charge in [0.1, 0.15) is 0 Å². The zero-order chi connectivity index (χ0) is 22.3. The zero-order valence-corrected chi connectivity index (χ0v) is 18.5. The number of anilines is 2. The van der Waals surface area contributed by atoms with Crippen molar-refractivity contribution in [3.05, 3.63) is 84.4 Å². The van der Waals surface area contributed by atoms with E-state index in [0.29, 0.717) is 29.1 Å². The molecule has 3 aromatic rings. The second-order valence-corrected chi connectivity index (χ2v) is 9.65. The standard InChI is InChI=1S/C23H21N3O3S2/c1-26(19-8-3-2-4-9-19)31(28,29)20-14-12-18(13-15-20)23(27)25-21-10-5-6-11-22(21)30-17-7-16-24/h2-6,8-15H,7,17H2,1H3,(H,25,27). The number of amides is 1. The lowest BCUT2D eigenvalue weighted by Crippen LogP contribution is -2.26. The van der Waals surface area contributed by atoms with Gasteiger partial charge in [0.25, 0.3) is 15.9 Å². The minimum Gasteiger partial charge on any atom is -0.321 e. The molecular weight excluding hydrogens is 430 g/mol. The van der Waals surface area contributed by atoms with Gasteiger partial charge in [0.2, 0.25) is 0 Å². The van der Waals surface area contributed by atoms with Gasteiger partial charge in [-0.1, -0.05) is 30.3 Å². The molecule has 0 spiro atoms. The third kappa shape index (κ3) is 5.45. The fourth-order valence-corrected chi connectivity index (χ4v) is 4.87. The van der Waals surface area contributed by atoms with Crippen LogP contribution in [0.2, 0.25) is 0 Å². The predicted molar refractivity (Wildman–Crippen MR) is 124 cm³/mol. The number of thioether (sulfide) groups is 1. The fourth-order valence-electron chi connectivity index (χ4n) is 2.81. The van der Waals surface area contributed by atoms with E-state index in [1.807, 2.05) is 24.3 Å². The summed E-state index contributed by atoms with van der Waals surface area (Å²) in [4.78, 5) is 13.7. The van der Waals surface area contributed by atoms with Crippen molar-refractivity contribution in [2.45, 2.75) is 16.2 Å². The summed E-state index contributed by atoms with van der Waals surface area (Å²) in [6.07, 6.45) is 0.417. The second kappa shape index (κ2) is 10.2. The molecule has 1 amide bonds. The lowest BCUT2D eigenvalue weighted by molar-refractivity contribution is 0.102. The Bertz CT molecular complexity index is 1190. The number of carbonyl (C=O) groups is 1. The molecule has 0 bridgehead atoms. The fraction of sp³-hybridized carbons (Fsp3) is 0.130. The molecule has 0 radical (unpaired) electrons. The number of hydrogen-bond donors (Lipinski definition) is 1. The van der Waals surface area contributed by atoms with Crippen LogP contribution in [0.1, 0.15) is 16.8 Å². The van der Waals surface area contributed by atoms with E-state index in [4.69, 9.17) is 5.26 Å². The van der Waals surface area contributed by atoms with E-state index in [2.05, 4.69) is 11.4 Å². The molecule has 0 fully saturated rings. The highest BCUT2D eigenvalue weighted by molar-refractivity contribution is 7.99. The monoisotopic (exact) mass is 451 g/mol. The van der Waals surface area contributed by atoms with Crippen molar-refractivity contribution in [2.75, 3.05) is 22.4 Å². The minimum atomic E-state index is -3.74. The highest BCUT2D eigenvalue weighted by atomic mass is 32.2. The maximum Gasteiger partial charge on any atom is 0.264 e. The van der Waals surface area contributed by atoms with Crippen molar-refractivity contribution >= 4 is 39.1 Å². The molecule has 6 nitrogen and oxygen atoms in total. The van der Waals surface area contributed by atoms with E-state index in [1.54, 1.807) is 30.3 Å². The van der Waals surface area contributed by atoms with Crippen LogP contribution in [-0.2, 0) is 10.0 Å². The Hall–Kier alpha value is -3.28. The van der Waals surface area contributed by atoms with Crippen LogP contribution < -0.4 is 9.62 Å². The Morgan fingerprint density at radius 2 is 1.65 bits per heavy atom. The van der Waals surface area contributed by atoms with Crippen LogP contribution >= 0.6 is 11.8 Å². The minimum absolute atomic E-state index is 0.0999. The maximum atomic E-state index is 12.9. The number of para-hydroxylation sites is 2. The molecule has 0 saturated carbocycles. The van der Waals surface area contributed by atoms with Crippen molar-refractivity contribution in [1.82, 2.24) is 0 Å². The topological polar surface area (TPSA) is 90.3 Å². The molecule has 8 heteroatoms. The molecular formula is C23H21N3O3S2. The van der Waals surface area contributed by atoms with Gasteiger partial charge < -0.3 is 5.32 Å². The molecule has 158 valence electrons. The summed E-state index contributed by atoms with van der Waals surface area (Å²) < 4.78 is 27.0. The van der Waals surface area contributed by atoms with Crippen LogP contribution in [0.3, 0.4) is 0 Å². The first-order valence-electron chi connectivity index (χ1n) is 9.47. The van der Waals surface area contributed by atoms with E-state index < -0.39 is 10.0 Å². The Morgan fingerprint density at radius 3 is 2.32 bits per heavy atom. The van der Waals surface area contributed by atoms with Gasteiger partial charge in [0.15, 0.2) is 0 Å². The van der Waals surface area contributed by atoms with Crippen molar-refractivity contribution in [1.29, 1.82) is 5.26 Å². The van der Waals surface area contributed by atoms with E-state index in [9.17, 15) is 13.2 Å². The lowest BCUT2D eigenvalue weighted by atomic mass is 10.2. The Kier molecular flexibility index (Phi) is 7.34. The summed E-state index contributed by atoms with van der Waals surface area (Å²) in [5.41, 5.74) is 1.55. The summed E-state index contributed by atoms with van der Waals surface area (Å²) in [5.74, 6) is 0.291. The van der Waals surface area contributed by atoms with Gasteiger partial charge in [-0.25, -0.2) is 8.42 Å². The molecule has 3 aromatic carbocycles. The molecule has 0 aliphatic rings. The number of nitriles is 1. The van der Waals surface area contributed by atoms with Crippen molar-refractivity contribution in [3.8, 4) is 6.07 Å². The lowest BCUT2D eigenvalue weighted by Gasteiger charge is -2.19. The maximum absolute atomic E-state index is 12.9. The molecule has 0 saturated heterocycles. The molecule has 0 unspecified atom stereocenters. The molecule has 1 N–H and O–H groups in total. The number of carbonyl (C=O) groups excluding carboxylic acids is 1. The molecule has 0 heterocycles. The van der Waals surface area contributed by atoms with Gasteiger partial charge in [0.05, 0.1) is 22.3 Å². The van der Waals surface area contributed by atoms with Crippen LogP contribution in [0.25, 0.3) is 0 Å². The van der Waals surface area contributed by atoms with Gasteiger partial charge in [-0.3, -0.25) is 9.10 Å². The molecule has 31 heavy (non-hydrogen) atoms. The number of nitrogens with zero attached hydrogens (tertiary/aromatic N) is 2. The van der Waals surface area contributed by atoms with E-state index in [1.165, 1.54) is 47.4 Å². The van der Waals surface area contributed by atoms with E-state index >= 15 is 0 Å². The first-order valence-corrected chi connectivity index (χ1v) is 11.9. The van der Waals surface area contributed by atoms with Crippen molar-refractivity contribution in [2.24, 2.45) is 0 Å². The Balaban J connectivity index is 1.75. The van der Waals surface area contributed by atoms with Crippen LogP contribution in [0.15, 0.2) is 88.7 Å². The Morgan fingerprint density at radius 1 is 1.00 bits per heavy atom. The first-order chi connectivity index (χ1) is 14.9. The highest BCUT2D eigenvalue weighted by Gasteiger charge is 2.21. The summed E-state index contributed by atoms with van der Waals surface area (Å²) in [7, 11) is -2.25. The molecule has 3 rings (SSSR count). The van der Waals surface area contributed by atoms with Gasteiger partial charge in [-0.2, -0.15) is 5.26 Å². The Labute approximate surface area is 186 Å². The van der Waals surface area contributed by atoms with Gasteiger partial charge >= 0.3 is 0 Å². The number of rotatable bonds is 8. The van der Waals surface area contributed by atoms with Crippen LogP contribution in [-0.4, -0.2) is 27.1 Å². The van der Waals surface area contributed by atoms with Gasteiger partial charge in [-0.15, -0.1) is 11.8 Å². The molecule has 0 atom stereocenters. The SMILES string of the molecule is CN(c1ccccc1)S(=O)(=O)c1ccc(C(=O)Nc2ccccc2SCCC#N)cc1. The van der Waals surface area contributed by atoms with Gasteiger partial charge in [0, 0.05) is 29.7 Å². The van der Waals surface area contributed by atoms with Gasteiger partial charge in [-0.05, 0) is 48.5 Å². The number of sulfonamides is 1. The first kappa shape index (κ1) is 22.4. The van der Waals surface area contributed by atoms with Crippen LogP contribution in [0, 0.1) is 11.3 Å². The van der Waals surface area contributed by atoms with Crippen molar-refractivity contribution in [3.63, 3.8) is 0 Å². The smallest absolute Gasteiger partial charge is 0.264 e. The highest BCUT2D eigenvalue weighted by Crippen LogP contribution is 2.28. The number of hydrogen-bond acceptors (Lipinski definition) is 5. The normalized spacial score (nSPS) is 10.8. The largest absolute Gasteiger partial charge is 0.321 e. The average Bonchev–Trinajstić information content (AvgIpc) is 2.80. The quantitative estimate of drug-likeness (QED) is 0.394. The number of nitrogens with one attached hydrogen (secondary N) is 1. The third-order valence-corrected chi connectivity index (χ3v) is 7.38. The summed E-state index contributed by atoms with van der Waals surface area (Å²) in [5, 5.41) is 11.6. The molecule has 0 aromatic heterocycles. The van der Waals surface area contributed by atoms with E-state index in [-0.39, 0.29) is 10.8 Å². The summed E-state index contributed by atoms with van der Waals surface area (Å²) in [6.45, 7) is 0. The summed E-state index contributed by atoms with van der Waals surface area (Å²) in [6, 6.07) is 24.1. The second-order valence-electron chi connectivity index (χ2n) is 6.54. The third-order valence-electron chi connectivity index (χ3n) is 4.50. The van der Waals surface area contributed by atoms with E-state index in [0.717, 1.165) is 4.90 Å². The predicted octanol–water partition coefficient (Wildman–Crippen LogP) is 4.77. The molecule has 0 aliphatic carbocycles. The average molecular weight is 452 g/mol. The van der Waals surface area contributed by atoms with Crippen molar-refractivity contribution < 1.29 is 13.2 Å². The molecule has 0 aliphatic heterocycles. The summed E-state index contributed by atoms with van der Waals surface area (Å²) >= 11 is 1.49.